The molecule has 1 aromatic heterocycles. The summed E-state index contributed by atoms with van der Waals surface area (Å²) in [5.74, 6) is 0.551. The van der Waals surface area contributed by atoms with Gasteiger partial charge in [0.1, 0.15) is 4.60 Å². The average Bonchev–Trinajstić information content (AvgIpc) is 2.56. The summed E-state index contributed by atoms with van der Waals surface area (Å²) in [7, 11) is 0. The summed E-state index contributed by atoms with van der Waals surface area (Å²) in [6.07, 6.45) is 4.74. The second-order valence-electron chi connectivity index (χ2n) is 2.96. The van der Waals surface area contributed by atoms with Crippen molar-refractivity contribution in [1.29, 1.82) is 0 Å². The highest BCUT2D eigenvalue weighted by molar-refractivity contribution is 9.10. The van der Waals surface area contributed by atoms with Gasteiger partial charge in [-0.3, -0.25) is 4.98 Å². The molecular formula is C8H10BrN3. The van der Waals surface area contributed by atoms with Crippen LogP contribution in [0.25, 0.3) is 0 Å². The van der Waals surface area contributed by atoms with Gasteiger partial charge in [0, 0.05) is 18.7 Å². The van der Waals surface area contributed by atoms with Gasteiger partial charge in [-0.05, 0) is 28.9 Å². The van der Waals surface area contributed by atoms with Crippen molar-refractivity contribution in [2.75, 3.05) is 13.1 Å². The highest BCUT2D eigenvalue weighted by atomic mass is 79.9. The third-order valence-corrected chi connectivity index (χ3v) is 2.48. The van der Waals surface area contributed by atoms with Crippen LogP contribution in [0.2, 0.25) is 0 Å². The Bertz CT molecular complexity index is 271. The number of nitrogens with zero attached hydrogens (tertiary/aromatic N) is 2. The van der Waals surface area contributed by atoms with E-state index < -0.39 is 0 Å². The molecule has 0 bridgehead atoms. The van der Waals surface area contributed by atoms with E-state index in [4.69, 9.17) is 0 Å². The van der Waals surface area contributed by atoms with Crippen LogP contribution < -0.4 is 5.32 Å². The first-order valence-electron chi connectivity index (χ1n) is 4.04. The topological polar surface area (TPSA) is 37.8 Å². The minimum atomic E-state index is 0.551. The highest BCUT2D eigenvalue weighted by Gasteiger charge is 2.17. The van der Waals surface area contributed by atoms with Crippen LogP contribution >= 0.6 is 15.9 Å². The van der Waals surface area contributed by atoms with Crippen LogP contribution in [0, 0.1) is 0 Å². The monoisotopic (exact) mass is 227 g/mol. The molecule has 3 nitrogen and oxygen atoms in total. The van der Waals surface area contributed by atoms with Crippen molar-refractivity contribution in [1.82, 2.24) is 15.3 Å². The van der Waals surface area contributed by atoms with Gasteiger partial charge < -0.3 is 5.32 Å². The molecular weight excluding hydrogens is 218 g/mol. The number of nitrogens with one attached hydrogen (secondary N) is 1. The summed E-state index contributed by atoms with van der Waals surface area (Å²) in [6, 6.07) is 0. The van der Waals surface area contributed by atoms with Crippen molar-refractivity contribution < 1.29 is 0 Å². The van der Waals surface area contributed by atoms with Crippen LogP contribution in [0.5, 0.6) is 0 Å². The Morgan fingerprint density at radius 2 is 2.42 bits per heavy atom. The normalized spacial score (nSPS) is 22.9. The molecule has 64 valence electrons. The van der Waals surface area contributed by atoms with Gasteiger partial charge >= 0.3 is 0 Å². The number of aromatic nitrogens is 2. The standard InChI is InChI=1S/C8H10BrN3/c9-8-5-11-4-7(12-8)6-1-2-10-3-6/h4-6,10H,1-3H2. The molecule has 1 aliphatic heterocycles. The molecule has 4 heteroatoms. The summed E-state index contributed by atoms with van der Waals surface area (Å²) < 4.78 is 0.826. The van der Waals surface area contributed by atoms with E-state index in [2.05, 4.69) is 31.2 Å². The van der Waals surface area contributed by atoms with Crippen LogP contribution in [-0.4, -0.2) is 23.1 Å². The van der Waals surface area contributed by atoms with Crippen LogP contribution in [0.1, 0.15) is 18.0 Å². The molecule has 1 fully saturated rings. The molecule has 0 amide bonds. The van der Waals surface area contributed by atoms with Crippen LogP contribution in [0.15, 0.2) is 17.0 Å². The molecule has 1 aliphatic rings. The van der Waals surface area contributed by atoms with Crippen molar-refractivity contribution in [3.8, 4) is 0 Å². The third kappa shape index (κ3) is 1.64. The summed E-state index contributed by atoms with van der Waals surface area (Å²) in [4.78, 5) is 8.46. The molecule has 0 radical (unpaired) electrons. The summed E-state index contributed by atoms with van der Waals surface area (Å²) in [5, 5.41) is 3.31. The minimum Gasteiger partial charge on any atom is -0.316 e. The molecule has 1 N–H and O–H groups in total. The van der Waals surface area contributed by atoms with Gasteiger partial charge in [0.05, 0.1) is 11.9 Å². The maximum atomic E-state index is 4.37. The molecule has 0 saturated carbocycles. The Labute approximate surface area is 79.7 Å². The van der Waals surface area contributed by atoms with Gasteiger partial charge in [0.15, 0.2) is 0 Å². The summed E-state index contributed by atoms with van der Waals surface area (Å²) in [5.41, 5.74) is 1.09. The first-order chi connectivity index (χ1) is 5.86. The zero-order valence-electron chi connectivity index (χ0n) is 6.63. The first kappa shape index (κ1) is 8.13. The van der Waals surface area contributed by atoms with E-state index in [-0.39, 0.29) is 0 Å². The van der Waals surface area contributed by atoms with Gasteiger partial charge in [-0.1, -0.05) is 0 Å². The van der Waals surface area contributed by atoms with E-state index in [1.54, 1.807) is 6.20 Å². The largest absolute Gasteiger partial charge is 0.316 e. The number of hydrogen-bond acceptors (Lipinski definition) is 3. The zero-order chi connectivity index (χ0) is 8.39. The molecule has 1 aromatic rings. The van der Waals surface area contributed by atoms with Gasteiger partial charge in [-0.2, -0.15) is 0 Å². The molecule has 1 atom stereocenters. The molecule has 2 rings (SSSR count). The van der Waals surface area contributed by atoms with Gasteiger partial charge in [0.2, 0.25) is 0 Å². The van der Waals surface area contributed by atoms with Crippen molar-refractivity contribution in [3.63, 3.8) is 0 Å². The van der Waals surface area contributed by atoms with Crippen molar-refractivity contribution in [2.24, 2.45) is 0 Å². The molecule has 0 spiro atoms. The third-order valence-electron chi connectivity index (χ3n) is 2.10. The lowest BCUT2D eigenvalue weighted by molar-refractivity contribution is 0.725. The second kappa shape index (κ2) is 3.49. The smallest absolute Gasteiger partial charge is 0.124 e. The fourth-order valence-electron chi connectivity index (χ4n) is 1.46. The van der Waals surface area contributed by atoms with E-state index in [9.17, 15) is 0 Å². The predicted octanol–water partition coefficient (Wildman–Crippen LogP) is 1.32. The lowest BCUT2D eigenvalue weighted by Crippen LogP contribution is -2.09. The fourth-order valence-corrected chi connectivity index (χ4v) is 1.78. The quantitative estimate of drug-likeness (QED) is 0.787. The Balaban J connectivity index is 2.21. The second-order valence-corrected chi connectivity index (χ2v) is 3.77. The zero-order valence-corrected chi connectivity index (χ0v) is 8.21. The molecule has 0 aromatic carbocycles. The maximum Gasteiger partial charge on any atom is 0.124 e. The minimum absolute atomic E-state index is 0.551. The van der Waals surface area contributed by atoms with E-state index in [0.29, 0.717) is 5.92 Å². The summed E-state index contributed by atoms with van der Waals surface area (Å²) in [6.45, 7) is 2.13. The predicted molar refractivity (Wildman–Crippen MR) is 50.0 cm³/mol. The van der Waals surface area contributed by atoms with Gasteiger partial charge in [-0.25, -0.2) is 4.98 Å². The van der Waals surface area contributed by atoms with E-state index >= 15 is 0 Å². The lowest BCUT2D eigenvalue weighted by Gasteiger charge is -2.05. The Morgan fingerprint density at radius 1 is 1.50 bits per heavy atom. The highest BCUT2D eigenvalue weighted by Crippen LogP contribution is 2.20. The van der Waals surface area contributed by atoms with Crippen molar-refractivity contribution >= 4 is 15.9 Å². The Kier molecular flexibility index (Phi) is 2.37. The molecule has 2 heterocycles. The number of hydrogen-bond donors (Lipinski definition) is 1. The van der Waals surface area contributed by atoms with E-state index in [1.165, 1.54) is 6.42 Å². The lowest BCUT2D eigenvalue weighted by atomic mass is 10.1. The average molecular weight is 228 g/mol. The van der Waals surface area contributed by atoms with E-state index in [0.717, 1.165) is 23.4 Å². The SMILES string of the molecule is Brc1cncc(C2CCNC2)n1. The number of rotatable bonds is 1. The van der Waals surface area contributed by atoms with Crippen LogP contribution in [0.4, 0.5) is 0 Å². The molecule has 1 saturated heterocycles. The molecule has 1 unspecified atom stereocenters. The van der Waals surface area contributed by atoms with Crippen molar-refractivity contribution in [2.45, 2.75) is 12.3 Å². The Hall–Kier alpha value is -0.480. The summed E-state index contributed by atoms with van der Waals surface area (Å²) >= 11 is 3.32. The van der Waals surface area contributed by atoms with E-state index in [1.807, 2.05) is 6.20 Å². The number of halogens is 1. The molecule has 0 aliphatic carbocycles. The Morgan fingerprint density at radius 3 is 3.08 bits per heavy atom. The fraction of sp³-hybridized carbons (Fsp3) is 0.500. The molecule has 12 heavy (non-hydrogen) atoms. The van der Waals surface area contributed by atoms with Gasteiger partial charge in [0.25, 0.3) is 0 Å². The van der Waals surface area contributed by atoms with Crippen molar-refractivity contribution in [3.05, 3.63) is 22.7 Å². The van der Waals surface area contributed by atoms with Gasteiger partial charge in [-0.15, -0.1) is 0 Å². The first-order valence-corrected chi connectivity index (χ1v) is 4.84. The maximum absolute atomic E-state index is 4.37. The van der Waals surface area contributed by atoms with Crippen LogP contribution in [-0.2, 0) is 0 Å². The van der Waals surface area contributed by atoms with Crippen LogP contribution in [0.3, 0.4) is 0 Å².